The van der Waals surface area contributed by atoms with Crippen molar-refractivity contribution in [2.45, 2.75) is 52.5 Å². The number of benzene rings is 1. The van der Waals surface area contributed by atoms with E-state index in [0.717, 1.165) is 42.9 Å². The highest BCUT2D eigenvalue weighted by molar-refractivity contribution is 5.95. The van der Waals surface area contributed by atoms with E-state index in [4.69, 9.17) is 4.98 Å². The van der Waals surface area contributed by atoms with Gasteiger partial charge in [0.25, 0.3) is 5.91 Å². The van der Waals surface area contributed by atoms with Gasteiger partial charge in [0.05, 0.1) is 11.3 Å². The third-order valence-electron chi connectivity index (χ3n) is 5.72. The molecule has 1 aliphatic heterocycles. The largest absolute Gasteiger partial charge is 0.343 e. The van der Waals surface area contributed by atoms with Crippen molar-refractivity contribution in [3.63, 3.8) is 0 Å². The molecule has 0 atom stereocenters. The van der Waals surface area contributed by atoms with E-state index in [0.29, 0.717) is 24.4 Å². The second-order valence-electron chi connectivity index (χ2n) is 8.79. The number of carbonyl (C=O) groups is 2. The van der Waals surface area contributed by atoms with Crippen LogP contribution in [0.2, 0.25) is 0 Å². The number of aryl methyl sites for hydroxylation is 1. The molecule has 0 N–H and O–H groups in total. The zero-order valence-electron chi connectivity index (χ0n) is 18.6. The lowest BCUT2D eigenvalue weighted by molar-refractivity contribution is -0.133. The van der Waals surface area contributed by atoms with Gasteiger partial charge < -0.3 is 9.80 Å². The Labute approximate surface area is 180 Å². The van der Waals surface area contributed by atoms with Gasteiger partial charge in [-0.2, -0.15) is 0 Å². The minimum Gasteiger partial charge on any atom is -0.343 e. The molecular formula is C25H33N3O2. The van der Waals surface area contributed by atoms with Gasteiger partial charge in [-0.1, -0.05) is 44.2 Å². The van der Waals surface area contributed by atoms with Crippen LogP contribution in [0.3, 0.4) is 0 Å². The summed E-state index contributed by atoms with van der Waals surface area (Å²) >= 11 is 0. The van der Waals surface area contributed by atoms with Crippen LogP contribution in [0.15, 0.2) is 42.5 Å². The van der Waals surface area contributed by atoms with Gasteiger partial charge in [0.2, 0.25) is 5.91 Å². The highest BCUT2D eigenvalue weighted by atomic mass is 16.2. The van der Waals surface area contributed by atoms with Crippen LogP contribution in [0.1, 0.15) is 66.3 Å². The predicted molar refractivity (Wildman–Crippen MR) is 119 cm³/mol. The molecule has 1 aliphatic rings. The maximum Gasteiger partial charge on any atom is 0.255 e. The van der Waals surface area contributed by atoms with Crippen LogP contribution in [-0.2, 0) is 11.3 Å². The molecule has 2 aromatic rings. The number of nitrogens with zero attached hydrogens (tertiary/aromatic N) is 3. The lowest BCUT2D eigenvalue weighted by Gasteiger charge is -2.33. The van der Waals surface area contributed by atoms with E-state index in [2.05, 4.69) is 13.8 Å². The van der Waals surface area contributed by atoms with Crippen molar-refractivity contribution < 1.29 is 9.59 Å². The Bertz CT molecular complexity index is 871. The summed E-state index contributed by atoms with van der Waals surface area (Å²) in [5.41, 5.74) is 3.60. The van der Waals surface area contributed by atoms with Crippen molar-refractivity contribution in [2.24, 2.45) is 5.92 Å². The first-order valence-electron chi connectivity index (χ1n) is 10.9. The van der Waals surface area contributed by atoms with Crippen LogP contribution in [-0.4, -0.2) is 46.7 Å². The topological polar surface area (TPSA) is 53.5 Å². The van der Waals surface area contributed by atoms with Gasteiger partial charge in [-0.05, 0) is 43.4 Å². The number of pyridine rings is 1. The number of carbonyl (C=O) groups excluding carboxylic acids is 2. The Kier molecular flexibility index (Phi) is 7.24. The predicted octanol–water partition coefficient (Wildman–Crippen LogP) is 4.41. The Morgan fingerprint density at radius 3 is 2.40 bits per heavy atom. The van der Waals surface area contributed by atoms with E-state index in [1.807, 2.05) is 61.3 Å². The number of aromatic nitrogens is 1. The van der Waals surface area contributed by atoms with Gasteiger partial charge in [-0.25, -0.2) is 0 Å². The summed E-state index contributed by atoms with van der Waals surface area (Å²) in [6.45, 7) is 8.15. The maximum atomic E-state index is 13.2. The molecule has 0 unspecified atom stereocenters. The maximum absolute atomic E-state index is 13.2. The van der Waals surface area contributed by atoms with Crippen molar-refractivity contribution in [1.29, 1.82) is 0 Å². The van der Waals surface area contributed by atoms with E-state index in [-0.39, 0.29) is 17.7 Å². The van der Waals surface area contributed by atoms with Gasteiger partial charge in [-0.3, -0.25) is 14.6 Å². The summed E-state index contributed by atoms with van der Waals surface area (Å²) in [4.78, 5) is 34.1. The van der Waals surface area contributed by atoms with Gasteiger partial charge in [0.15, 0.2) is 0 Å². The van der Waals surface area contributed by atoms with E-state index < -0.39 is 0 Å². The highest BCUT2D eigenvalue weighted by Crippen LogP contribution is 2.30. The van der Waals surface area contributed by atoms with Crippen molar-refractivity contribution >= 4 is 11.8 Å². The zero-order chi connectivity index (χ0) is 21.7. The van der Waals surface area contributed by atoms with Crippen LogP contribution >= 0.6 is 0 Å². The fourth-order valence-electron chi connectivity index (χ4n) is 4.08. The molecule has 5 heteroatoms. The molecule has 1 aromatic heterocycles. The van der Waals surface area contributed by atoms with E-state index >= 15 is 0 Å². The molecule has 0 saturated carbocycles. The Balaban J connectivity index is 1.73. The molecule has 2 heterocycles. The van der Waals surface area contributed by atoms with Crippen LogP contribution in [0.25, 0.3) is 0 Å². The molecular weight excluding hydrogens is 374 g/mol. The summed E-state index contributed by atoms with van der Waals surface area (Å²) in [5.74, 6) is 0.814. The summed E-state index contributed by atoms with van der Waals surface area (Å²) in [5, 5.41) is 0. The number of hydrogen-bond donors (Lipinski definition) is 0. The van der Waals surface area contributed by atoms with Gasteiger partial charge in [0, 0.05) is 44.7 Å². The highest BCUT2D eigenvalue weighted by Gasteiger charge is 2.28. The molecule has 0 spiro atoms. The van der Waals surface area contributed by atoms with Crippen molar-refractivity contribution in [3.05, 3.63) is 65.0 Å². The Morgan fingerprint density at radius 2 is 1.77 bits per heavy atom. The van der Waals surface area contributed by atoms with Crippen LogP contribution in [0.5, 0.6) is 0 Å². The summed E-state index contributed by atoms with van der Waals surface area (Å²) in [6, 6.07) is 13.8. The lowest BCUT2D eigenvalue weighted by Crippen LogP contribution is -2.39. The van der Waals surface area contributed by atoms with Crippen LogP contribution in [0.4, 0.5) is 0 Å². The zero-order valence-corrected chi connectivity index (χ0v) is 18.6. The number of hydrogen-bond acceptors (Lipinski definition) is 3. The third-order valence-corrected chi connectivity index (χ3v) is 5.72. The van der Waals surface area contributed by atoms with Crippen molar-refractivity contribution in [3.8, 4) is 0 Å². The molecule has 30 heavy (non-hydrogen) atoms. The minimum absolute atomic E-state index is 0.000308. The lowest BCUT2D eigenvalue weighted by atomic mass is 9.89. The number of amides is 2. The first-order valence-corrected chi connectivity index (χ1v) is 10.9. The standard InChI is InChI=1S/C25H33N3O2/c1-18(2)16-23(29)28-14-12-21(13-15-28)24-22(11-10-19(3)26-24)25(30)27(4)17-20-8-6-5-7-9-20/h5-11,18,21H,12-17H2,1-4H3. The second kappa shape index (κ2) is 9.88. The normalized spacial score (nSPS) is 14.8. The Morgan fingerprint density at radius 1 is 1.10 bits per heavy atom. The average molecular weight is 408 g/mol. The second-order valence-corrected chi connectivity index (χ2v) is 8.79. The summed E-state index contributed by atoms with van der Waals surface area (Å²) in [6.07, 6.45) is 2.30. The average Bonchev–Trinajstić information content (AvgIpc) is 2.73. The van der Waals surface area contributed by atoms with Crippen molar-refractivity contribution in [2.75, 3.05) is 20.1 Å². The quantitative estimate of drug-likeness (QED) is 0.712. The summed E-state index contributed by atoms with van der Waals surface area (Å²) < 4.78 is 0. The van der Waals surface area contributed by atoms with Gasteiger partial charge in [0.1, 0.15) is 0 Å². The molecule has 0 bridgehead atoms. The molecule has 1 aromatic carbocycles. The van der Waals surface area contributed by atoms with Crippen LogP contribution in [0, 0.1) is 12.8 Å². The number of rotatable bonds is 6. The van der Waals surface area contributed by atoms with E-state index in [1.165, 1.54) is 0 Å². The third kappa shape index (κ3) is 5.47. The molecule has 5 nitrogen and oxygen atoms in total. The smallest absolute Gasteiger partial charge is 0.255 e. The fraction of sp³-hybridized carbons (Fsp3) is 0.480. The van der Waals surface area contributed by atoms with Crippen LogP contribution < -0.4 is 0 Å². The molecule has 0 radical (unpaired) electrons. The molecule has 3 rings (SSSR count). The van der Waals surface area contributed by atoms with E-state index in [1.54, 1.807) is 4.90 Å². The van der Waals surface area contributed by atoms with Crippen molar-refractivity contribution in [1.82, 2.24) is 14.8 Å². The first-order chi connectivity index (χ1) is 14.3. The first kappa shape index (κ1) is 22.0. The fourth-order valence-corrected chi connectivity index (χ4v) is 4.08. The molecule has 1 fully saturated rings. The van der Waals surface area contributed by atoms with Gasteiger partial charge >= 0.3 is 0 Å². The number of piperidine rings is 1. The molecule has 160 valence electrons. The monoisotopic (exact) mass is 407 g/mol. The number of likely N-dealkylation sites (tertiary alicyclic amines) is 1. The van der Waals surface area contributed by atoms with E-state index in [9.17, 15) is 9.59 Å². The summed E-state index contributed by atoms with van der Waals surface area (Å²) in [7, 11) is 1.84. The molecule has 2 amide bonds. The minimum atomic E-state index is -0.000308. The Hall–Kier alpha value is -2.69. The van der Waals surface area contributed by atoms with Gasteiger partial charge in [-0.15, -0.1) is 0 Å². The SMILES string of the molecule is Cc1ccc(C(=O)N(C)Cc2ccccc2)c(C2CCN(C(=O)CC(C)C)CC2)n1. The molecule has 1 saturated heterocycles. The molecule has 0 aliphatic carbocycles.